The van der Waals surface area contributed by atoms with Crippen LogP contribution in [0.1, 0.15) is 0 Å². The van der Waals surface area contributed by atoms with Gasteiger partial charge in [0.1, 0.15) is 0 Å². The fourth-order valence-electron chi connectivity index (χ4n) is 0.999. The number of primary amides is 1. The largest absolute Gasteiger partial charge is 0.479 e. The number of urea groups is 1. The van der Waals surface area contributed by atoms with Crippen molar-refractivity contribution in [2.45, 2.75) is 6.10 Å². The number of ether oxygens (including phenoxy) is 1. The summed E-state index contributed by atoms with van der Waals surface area (Å²) in [6.07, 6.45) is -0.939. The van der Waals surface area contributed by atoms with E-state index >= 15 is 0 Å². The van der Waals surface area contributed by atoms with Crippen LogP contribution in [0, 0.1) is 0 Å². The Kier molecular flexibility index (Phi) is 2.49. The van der Waals surface area contributed by atoms with E-state index in [-0.39, 0.29) is 13.2 Å². The fourth-order valence-corrected chi connectivity index (χ4v) is 0.999. The van der Waals surface area contributed by atoms with E-state index in [0.29, 0.717) is 6.54 Å². The van der Waals surface area contributed by atoms with Gasteiger partial charge in [-0.2, -0.15) is 0 Å². The third-order valence-electron chi connectivity index (χ3n) is 1.65. The van der Waals surface area contributed by atoms with Crippen molar-refractivity contribution in [1.29, 1.82) is 0 Å². The lowest BCUT2D eigenvalue weighted by molar-refractivity contribution is -0.154. The lowest BCUT2D eigenvalue weighted by atomic mass is 10.3. The molecule has 3 N–H and O–H groups in total. The molecular formula is C6H10N2O4. The molecule has 6 heteroatoms. The molecule has 1 atom stereocenters. The zero-order chi connectivity index (χ0) is 9.14. The van der Waals surface area contributed by atoms with Crippen LogP contribution in [-0.4, -0.2) is 47.8 Å². The third-order valence-corrected chi connectivity index (χ3v) is 1.65. The minimum absolute atomic E-state index is 0.0324. The van der Waals surface area contributed by atoms with Gasteiger partial charge in [0, 0.05) is 6.54 Å². The van der Waals surface area contributed by atoms with Gasteiger partial charge in [0.25, 0.3) is 0 Å². The number of carboxylic acid groups (broad SMARTS) is 1. The van der Waals surface area contributed by atoms with Crippen molar-refractivity contribution in [3.05, 3.63) is 0 Å². The first-order valence-electron chi connectivity index (χ1n) is 3.50. The standard InChI is InChI=1S/C6H10N2O4/c7-6(11)8-1-2-12-4(3-8)5(9)10/h4H,1-3H2,(H2,7,11)(H,9,10). The van der Waals surface area contributed by atoms with E-state index in [9.17, 15) is 9.59 Å². The lowest BCUT2D eigenvalue weighted by Crippen LogP contribution is -2.50. The molecule has 6 nitrogen and oxygen atoms in total. The Labute approximate surface area is 68.9 Å². The molecule has 1 aliphatic rings. The topological polar surface area (TPSA) is 92.9 Å². The Morgan fingerprint density at radius 1 is 1.58 bits per heavy atom. The van der Waals surface area contributed by atoms with E-state index in [1.807, 2.05) is 0 Å². The van der Waals surface area contributed by atoms with Gasteiger partial charge in [-0.3, -0.25) is 0 Å². The summed E-state index contributed by atoms with van der Waals surface area (Å²) in [5, 5.41) is 8.53. The van der Waals surface area contributed by atoms with E-state index < -0.39 is 18.1 Å². The maximum atomic E-state index is 10.6. The second kappa shape index (κ2) is 3.40. The molecule has 0 radical (unpaired) electrons. The molecule has 0 aromatic carbocycles. The summed E-state index contributed by atoms with van der Waals surface area (Å²) in [5.74, 6) is -1.07. The average Bonchev–Trinajstić information content (AvgIpc) is 2.04. The average molecular weight is 174 g/mol. The van der Waals surface area contributed by atoms with Crippen LogP contribution in [0.5, 0.6) is 0 Å². The Bertz CT molecular complexity index is 186. The molecule has 12 heavy (non-hydrogen) atoms. The summed E-state index contributed by atoms with van der Waals surface area (Å²) < 4.78 is 4.87. The van der Waals surface area contributed by atoms with Crippen LogP contribution >= 0.6 is 0 Å². The van der Waals surface area contributed by atoms with Gasteiger partial charge in [0.2, 0.25) is 0 Å². The van der Waals surface area contributed by atoms with Gasteiger partial charge in [-0.15, -0.1) is 0 Å². The van der Waals surface area contributed by atoms with E-state index in [4.69, 9.17) is 15.6 Å². The number of carbonyl (C=O) groups excluding carboxylic acids is 1. The van der Waals surface area contributed by atoms with Gasteiger partial charge >= 0.3 is 12.0 Å². The lowest BCUT2D eigenvalue weighted by Gasteiger charge is -2.29. The molecule has 1 heterocycles. The summed E-state index contributed by atoms with van der Waals surface area (Å²) in [4.78, 5) is 22.3. The number of aliphatic carboxylic acids is 1. The minimum Gasteiger partial charge on any atom is -0.479 e. The van der Waals surface area contributed by atoms with Gasteiger partial charge < -0.3 is 20.5 Å². The summed E-state index contributed by atoms with van der Waals surface area (Å²) in [6.45, 7) is 0.615. The molecule has 1 rings (SSSR count). The monoisotopic (exact) mass is 174 g/mol. The summed E-state index contributed by atoms with van der Waals surface area (Å²) in [5.41, 5.74) is 4.97. The molecule has 68 valence electrons. The number of nitrogens with zero attached hydrogens (tertiary/aromatic N) is 1. The van der Waals surface area contributed by atoms with Crippen LogP contribution in [0.4, 0.5) is 4.79 Å². The second-order valence-corrected chi connectivity index (χ2v) is 2.48. The van der Waals surface area contributed by atoms with Gasteiger partial charge in [0.05, 0.1) is 13.2 Å². The van der Waals surface area contributed by atoms with Crippen LogP contribution < -0.4 is 5.73 Å². The molecule has 0 aliphatic carbocycles. The van der Waals surface area contributed by atoms with E-state index in [1.165, 1.54) is 4.90 Å². The predicted octanol–water partition coefficient (Wildman–Crippen LogP) is -1.15. The highest BCUT2D eigenvalue weighted by Crippen LogP contribution is 2.04. The van der Waals surface area contributed by atoms with Gasteiger partial charge in [-0.05, 0) is 0 Å². The number of morpholine rings is 1. The molecule has 1 fully saturated rings. The van der Waals surface area contributed by atoms with Gasteiger partial charge in [0.15, 0.2) is 6.10 Å². The van der Waals surface area contributed by atoms with Crippen molar-refractivity contribution in [2.24, 2.45) is 5.73 Å². The number of carboxylic acids is 1. The molecule has 0 aromatic heterocycles. The first-order valence-corrected chi connectivity index (χ1v) is 3.50. The maximum absolute atomic E-state index is 10.6. The quantitative estimate of drug-likeness (QED) is 0.525. The normalized spacial score (nSPS) is 23.7. The Morgan fingerprint density at radius 3 is 2.75 bits per heavy atom. The molecular weight excluding hydrogens is 164 g/mol. The number of hydrogen-bond donors (Lipinski definition) is 2. The number of nitrogens with two attached hydrogens (primary N) is 1. The maximum Gasteiger partial charge on any atom is 0.334 e. The van der Waals surface area contributed by atoms with Crippen molar-refractivity contribution in [1.82, 2.24) is 4.90 Å². The zero-order valence-corrected chi connectivity index (χ0v) is 6.40. The highest BCUT2D eigenvalue weighted by Gasteiger charge is 2.27. The van der Waals surface area contributed by atoms with Gasteiger partial charge in [-0.25, -0.2) is 9.59 Å². The van der Waals surface area contributed by atoms with Crippen molar-refractivity contribution in [3.63, 3.8) is 0 Å². The first-order chi connectivity index (χ1) is 5.61. The Morgan fingerprint density at radius 2 is 2.25 bits per heavy atom. The summed E-state index contributed by atoms with van der Waals surface area (Å²) in [7, 11) is 0. The second-order valence-electron chi connectivity index (χ2n) is 2.48. The smallest absolute Gasteiger partial charge is 0.334 e. The van der Waals surface area contributed by atoms with Crippen LogP contribution in [0.25, 0.3) is 0 Å². The van der Waals surface area contributed by atoms with Crippen LogP contribution in [0.3, 0.4) is 0 Å². The van der Waals surface area contributed by atoms with Crippen molar-refractivity contribution in [3.8, 4) is 0 Å². The number of amides is 2. The third kappa shape index (κ3) is 1.85. The van der Waals surface area contributed by atoms with E-state index in [0.717, 1.165) is 0 Å². The highest BCUT2D eigenvalue weighted by molar-refractivity contribution is 5.76. The minimum atomic E-state index is -1.07. The van der Waals surface area contributed by atoms with Gasteiger partial charge in [-0.1, -0.05) is 0 Å². The molecule has 0 aromatic rings. The SMILES string of the molecule is NC(=O)N1CCOC(C(=O)O)C1. The van der Waals surface area contributed by atoms with E-state index in [2.05, 4.69) is 0 Å². The Balaban J connectivity index is 2.51. The Hall–Kier alpha value is -1.30. The molecule has 1 unspecified atom stereocenters. The molecule has 0 spiro atoms. The van der Waals surface area contributed by atoms with Crippen LogP contribution in [0.15, 0.2) is 0 Å². The van der Waals surface area contributed by atoms with Crippen molar-refractivity contribution >= 4 is 12.0 Å². The summed E-state index contributed by atoms with van der Waals surface area (Å²) >= 11 is 0. The first kappa shape index (κ1) is 8.79. The van der Waals surface area contributed by atoms with Crippen LogP contribution in [0.2, 0.25) is 0 Å². The predicted molar refractivity (Wildman–Crippen MR) is 38.5 cm³/mol. The molecule has 1 saturated heterocycles. The number of hydrogen-bond acceptors (Lipinski definition) is 3. The van der Waals surface area contributed by atoms with Crippen LogP contribution in [-0.2, 0) is 9.53 Å². The number of rotatable bonds is 1. The molecule has 0 bridgehead atoms. The summed E-state index contributed by atoms with van der Waals surface area (Å²) in [6, 6.07) is -0.607. The zero-order valence-electron chi connectivity index (χ0n) is 6.40. The fraction of sp³-hybridized carbons (Fsp3) is 0.667. The molecule has 0 saturated carbocycles. The highest BCUT2D eigenvalue weighted by atomic mass is 16.5. The van der Waals surface area contributed by atoms with Crippen molar-refractivity contribution < 1.29 is 19.4 Å². The molecule has 2 amide bonds. The van der Waals surface area contributed by atoms with E-state index in [1.54, 1.807) is 0 Å². The molecule has 1 aliphatic heterocycles. The number of carbonyl (C=O) groups is 2. The van der Waals surface area contributed by atoms with Crippen molar-refractivity contribution in [2.75, 3.05) is 19.7 Å².